The number of aromatic amines is 1. The molecule has 1 atom stereocenters. The summed E-state index contributed by atoms with van der Waals surface area (Å²) in [4.78, 5) is 44.4. The van der Waals surface area contributed by atoms with E-state index in [9.17, 15) is 14.4 Å². The lowest BCUT2D eigenvalue weighted by molar-refractivity contribution is -0.120. The number of likely N-dealkylation sites (tertiary alicyclic amines) is 1. The first kappa shape index (κ1) is 23.8. The number of nitrogens with one attached hydrogen (secondary N) is 1. The van der Waals surface area contributed by atoms with Crippen molar-refractivity contribution < 1.29 is 4.79 Å². The Kier molecular flexibility index (Phi) is 7.90. The van der Waals surface area contributed by atoms with E-state index in [0.29, 0.717) is 19.5 Å². The van der Waals surface area contributed by atoms with Gasteiger partial charge >= 0.3 is 5.69 Å². The maximum atomic E-state index is 13.5. The van der Waals surface area contributed by atoms with Gasteiger partial charge in [0.15, 0.2) is 5.69 Å². The third-order valence-electron chi connectivity index (χ3n) is 6.13. The summed E-state index contributed by atoms with van der Waals surface area (Å²) in [5.74, 6) is -0.113. The Bertz CT molecular complexity index is 1040. The quantitative estimate of drug-likeness (QED) is 0.623. The van der Waals surface area contributed by atoms with Gasteiger partial charge in [-0.3, -0.25) is 24.0 Å². The lowest BCUT2D eigenvalue weighted by Crippen LogP contribution is -2.45. The number of carbonyl (C=O) groups is 1. The Morgan fingerprint density at radius 1 is 1.19 bits per heavy atom. The summed E-state index contributed by atoms with van der Waals surface area (Å²) in [7, 11) is 0. The maximum absolute atomic E-state index is 13.5. The molecule has 1 fully saturated rings. The van der Waals surface area contributed by atoms with Crippen molar-refractivity contribution >= 4 is 17.4 Å². The Morgan fingerprint density at radius 2 is 1.91 bits per heavy atom. The molecule has 1 aliphatic rings. The van der Waals surface area contributed by atoms with Crippen LogP contribution >= 0.6 is 0 Å². The van der Waals surface area contributed by atoms with Gasteiger partial charge in [-0.05, 0) is 44.7 Å². The zero-order chi connectivity index (χ0) is 23.3. The van der Waals surface area contributed by atoms with Crippen LogP contribution in [0.4, 0.5) is 11.5 Å². The lowest BCUT2D eigenvalue weighted by atomic mass is 10.0. The fourth-order valence-electron chi connectivity index (χ4n) is 4.40. The largest absolute Gasteiger partial charge is 0.383 e. The van der Waals surface area contributed by atoms with Crippen molar-refractivity contribution in [2.24, 2.45) is 0 Å². The number of nitrogen functional groups attached to an aromatic ring is 1. The standard InChI is InChI=1S/C24H35N5O3/c1-4-6-15-28(21-22(25)29(13-5-2)24(32)26-23(21)31)20(30)16-27-14-7-8-19(27)18-11-9-17(3)10-12-18/h9-12,19H,4-8,13-16,25H2,1-3H3,(H,26,31,32). The number of nitrogens with two attached hydrogens (primary N) is 1. The molecular weight excluding hydrogens is 406 g/mol. The van der Waals surface area contributed by atoms with Crippen LogP contribution < -0.4 is 21.9 Å². The van der Waals surface area contributed by atoms with Crippen molar-refractivity contribution in [1.82, 2.24) is 14.5 Å². The van der Waals surface area contributed by atoms with Crippen LogP contribution in [0.3, 0.4) is 0 Å². The van der Waals surface area contributed by atoms with Gasteiger partial charge in [-0.15, -0.1) is 0 Å². The Labute approximate surface area is 189 Å². The van der Waals surface area contributed by atoms with Gasteiger partial charge in [0.2, 0.25) is 5.91 Å². The minimum Gasteiger partial charge on any atom is -0.383 e. The van der Waals surface area contributed by atoms with Gasteiger partial charge in [0, 0.05) is 19.1 Å². The van der Waals surface area contributed by atoms with Gasteiger partial charge in [0.05, 0.1) is 6.54 Å². The molecule has 8 heteroatoms. The molecule has 174 valence electrons. The van der Waals surface area contributed by atoms with Gasteiger partial charge in [0.25, 0.3) is 5.56 Å². The number of hydrogen-bond donors (Lipinski definition) is 2. The number of aryl methyl sites for hydroxylation is 1. The predicted molar refractivity (Wildman–Crippen MR) is 128 cm³/mol. The fraction of sp³-hybridized carbons (Fsp3) is 0.542. The number of amides is 1. The van der Waals surface area contributed by atoms with Gasteiger partial charge in [-0.2, -0.15) is 0 Å². The van der Waals surface area contributed by atoms with E-state index >= 15 is 0 Å². The number of unbranched alkanes of at least 4 members (excludes halogenated alkanes) is 1. The van der Waals surface area contributed by atoms with Crippen molar-refractivity contribution in [1.29, 1.82) is 0 Å². The van der Waals surface area contributed by atoms with E-state index in [4.69, 9.17) is 5.73 Å². The average molecular weight is 442 g/mol. The summed E-state index contributed by atoms with van der Waals surface area (Å²) < 4.78 is 1.34. The predicted octanol–water partition coefficient (Wildman–Crippen LogP) is 2.81. The van der Waals surface area contributed by atoms with Crippen molar-refractivity contribution in [3.8, 4) is 0 Å². The van der Waals surface area contributed by atoms with E-state index in [1.807, 2.05) is 13.8 Å². The van der Waals surface area contributed by atoms with Crippen molar-refractivity contribution in [3.63, 3.8) is 0 Å². The molecule has 1 saturated heterocycles. The molecule has 8 nitrogen and oxygen atoms in total. The summed E-state index contributed by atoms with van der Waals surface area (Å²) >= 11 is 0. The normalized spacial score (nSPS) is 16.4. The highest BCUT2D eigenvalue weighted by molar-refractivity contribution is 5.96. The highest BCUT2D eigenvalue weighted by Gasteiger charge is 2.31. The minimum atomic E-state index is -0.610. The summed E-state index contributed by atoms with van der Waals surface area (Å²) in [5.41, 5.74) is 7.60. The van der Waals surface area contributed by atoms with Crippen LogP contribution in [-0.2, 0) is 11.3 Å². The molecule has 1 aliphatic heterocycles. The number of anilines is 2. The molecule has 0 saturated carbocycles. The number of aromatic nitrogens is 2. The lowest BCUT2D eigenvalue weighted by Gasteiger charge is -2.29. The van der Waals surface area contributed by atoms with Gasteiger partial charge < -0.3 is 10.6 Å². The van der Waals surface area contributed by atoms with Gasteiger partial charge in [-0.1, -0.05) is 50.1 Å². The smallest absolute Gasteiger partial charge is 0.330 e. The van der Waals surface area contributed by atoms with E-state index in [2.05, 4.69) is 41.1 Å². The van der Waals surface area contributed by atoms with E-state index in [1.54, 1.807) is 0 Å². The molecule has 1 unspecified atom stereocenters. The van der Waals surface area contributed by atoms with Crippen LogP contribution in [0.25, 0.3) is 0 Å². The highest BCUT2D eigenvalue weighted by atomic mass is 16.2. The van der Waals surface area contributed by atoms with Crippen molar-refractivity contribution in [2.45, 2.75) is 65.5 Å². The maximum Gasteiger partial charge on any atom is 0.330 e. The Balaban J connectivity index is 1.90. The fourth-order valence-corrected chi connectivity index (χ4v) is 4.40. The second-order valence-corrected chi connectivity index (χ2v) is 8.58. The second-order valence-electron chi connectivity index (χ2n) is 8.58. The molecule has 0 aliphatic carbocycles. The number of benzene rings is 1. The van der Waals surface area contributed by atoms with Crippen LogP contribution in [0.2, 0.25) is 0 Å². The van der Waals surface area contributed by atoms with E-state index in [-0.39, 0.29) is 30.0 Å². The molecule has 1 aromatic carbocycles. The number of rotatable bonds is 9. The number of hydrogen-bond acceptors (Lipinski definition) is 5. The third-order valence-corrected chi connectivity index (χ3v) is 6.13. The van der Waals surface area contributed by atoms with E-state index < -0.39 is 11.2 Å². The van der Waals surface area contributed by atoms with Crippen LogP contribution in [-0.4, -0.2) is 40.0 Å². The molecule has 2 heterocycles. The second kappa shape index (κ2) is 10.6. The summed E-state index contributed by atoms with van der Waals surface area (Å²) in [6, 6.07) is 8.62. The summed E-state index contributed by atoms with van der Waals surface area (Å²) in [5, 5.41) is 0. The molecule has 3 rings (SSSR count). The number of H-pyrrole nitrogens is 1. The zero-order valence-electron chi connectivity index (χ0n) is 19.4. The number of nitrogens with zero attached hydrogens (tertiary/aromatic N) is 3. The molecule has 3 N–H and O–H groups in total. The van der Waals surface area contributed by atoms with Crippen molar-refractivity contribution in [3.05, 3.63) is 56.2 Å². The third kappa shape index (κ3) is 5.12. The van der Waals surface area contributed by atoms with Crippen molar-refractivity contribution in [2.75, 3.05) is 30.3 Å². The minimum absolute atomic E-state index is 0.0570. The molecule has 0 bridgehead atoms. The van der Waals surface area contributed by atoms with Crippen LogP contribution in [0.15, 0.2) is 33.9 Å². The van der Waals surface area contributed by atoms with E-state index in [1.165, 1.54) is 20.6 Å². The van der Waals surface area contributed by atoms with Crippen LogP contribution in [0, 0.1) is 6.92 Å². The molecule has 0 spiro atoms. The SMILES string of the molecule is CCCCN(C(=O)CN1CCCC1c1ccc(C)cc1)c1c(N)n(CCC)c(=O)[nH]c1=O. The molecule has 0 radical (unpaired) electrons. The molecular formula is C24H35N5O3. The first-order valence-electron chi connectivity index (χ1n) is 11.6. The summed E-state index contributed by atoms with van der Waals surface area (Å²) in [6.07, 6.45) is 4.30. The topological polar surface area (TPSA) is 104 Å². The first-order chi connectivity index (χ1) is 15.4. The number of carbonyl (C=O) groups excluding carboxylic acids is 1. The average Bonchev–Trinajstić information content (AvgIpc) is 3.21. The monoisotopic (exact) mass is 441 g/mol. The van der Waals surface area contributed by atoms with Crippen LogP contribution in [0.1, 0.15) is 63.1 Å². The Morgan fingerprint density at radius 3 is 2.56 bits per heavy atom. The molecule has 1 aromatic heterocycles. The van der Waals surface area contributed by atoms with Gasteiger partial charge in [-0.25, -0.2) is 4.79 Å². The van der Waals surface area contributed by atoms with Gasteiger partial charge in [0.1, 0.15) is 5.82 Å². The molecule has 32 heavy (non-hydrogen) atoms. The molecule has 1 amide bonds. The van der Waals surface area contributed by atoms with Crippen LogP contribution in [0.5, 0.6) is 0 Å². The summed E-state index contributed by atoms with van der Waals surface area (Å²) in [6.45, 7) is 7.81. The zero-order valence-corrected chi connectivity index (χ0v) is 19.4. The Hall–Kier alpha value is -2.87. The highest BCUT2D eigenvalue weighted by Crippen LogP contribution is 2.32. The van der Waals surface area contributed by atoms with E-state index in [0.717, 1.165) is 32.2 Å². The molecule has 2 aromatic rings. The first-order valence-corrected chi connectivity index (χ1v) is 11.6.